The van der Waals surface area contributed by atoms with Crippen LogP contribution in [0.4, 0.5) is 0 Å². The zero-order valence-electron chi connectivity index (χ0n) is 12.1. The summed E-state index contributed by atoms with van der Waals surface area (Å²) in [5.41, 5.74) is 2.52. The Hall–Kier alpha value is -1.58. The first-order valence-corrected chi connectivity index (χ1v) is 7.18. The third kappa shape index (κ3) is 2.94. The Morgan fingerprint density at radius 1 is 1.20 bits per heavy atom. The topological polar surface area (TPSA) is 34.4 Å². The minimum absolute atomic E-state index is 0.111. The molecule has 1 saturated heterocycles. The van der Waals surface area contributed by atoms with Crippen LogP contribution in [0.25, 0.3) is 0 Å². The van der Waals surface area contributed by atoms with E-state index in [1.54, 1.807) is 0 Å². The Kier molecular flexibility index (Phi) is 3.90. The lowest BCUT2D eigenvalue weighted by atomic mass is 10.0. The number of rotatable bonds is 3. The van der Waals surface area contributed by atoms with Gasteiger partial charge in [-0.25, -0.2) is 0 Å². The minimum Gasteiger partial charge on any atom is -0.466 e. The van der Waals surface area contributed by atoms with Gasteiger partial charge in [0.25, 0.3) is 0 Å². The Labute approximate surface area is 119 Å². The highest BCUT2D eigenvalue weighted by molar-refractivity contribution is 5.24. The van der Waals surface area contributed by atoms with Gasteiger partial charge in [-0.15, -0.1) is 0 Å². The molecule has 2 unspecified atom stereocenters. The Balaban J connectivity index is 1.58. The summed E-state index contributed by atoms with van der Waals surface area (Å²) in [5, 5.41) is 3.59. The summed E-state index contributed by atoms with van der Waals surface area (Å²) in [6, 6.07) is 13.0. The number of nitrogens with one attached hydrogen (secondary N) is 1. The van der Waals surface area contributed by atoms with Gasteiger partial charge >= 0.3 is 0 Å². The molecule has 1 aromatic carbocycles. The summed E-state index contributed by atoms with van der Waals surface area (Å²) in [6.45, 7) is 5.56. The van der Waals surface area contributed by atoms with Crippen LogP contribution >= 0.6 is 0 Å². The molecule has 0 radical (unpaired) electrons. The van der Waals surface area contributed by atoms with Gasteiger partial charge in [-0.2, -0.15) is 0 Å². The maximum Gasteiger partial charge on any atom is 0.106 e. The molecule has 1 N–H and O–H groups in total. The second-order valence-electron chi connectivity index (χ2n) is 5.49. The van der Waals surface area contributed by atoms with E-state index in [0.29, 0.717) is 6.04 Å². The average Bonchev–Trinajstić information content (AvgIpc) is 2.80. The highest BCUT2D eigenvalue weighted by Gasteiger charge is 2.25. The van der Waals surface area contributed by atoms with Crippen molar-refractivity contribution in [2.75, 3.05) is 13.2 Å². The molecule has 0 bridgehead atoms. The highest BCUT2D eigenvalue weighted by Crippen LogP contribution is 2.26. The standard InChI is InChI=1S/C17H21NO2/c1-12-8-16(13(2)20-12)17-10-18-15(11-19-17)9-14-6-4-3-5-7-14/h3-8,15,17-18H,9-11H2,1-2H3. The van der Waals surface area contributed by atoms with Gasteiger partial charge in [-0.3, -0.25) is 0 Å². The van der Waals surface area contributed by atoms with Crippen LogP contribution in [-0.2, 0) is 11.2 Å². The smallest absolute Gasteiger partial charge is 0.106 e. The lowest BCUT2D eigenvalue weighted by Crippen LogP contribution is -2.44. The van der Waals surface area contributed by atoms with E-state index >= 15 is 0 Å². The lowest BCUT2D eigenvalue weighted by molar-refractivity contribution is 0.00233. The second-order valence-corrected chi connectivity index (χ2v) is 5.49. The van der Waals surface area contributed by atoms with Gasteiger partial charge < -0.3 is 14.5 Å². The molecule has 1 aliphatic rings. The Morgan fingerprint density at radius 2 is 2.00 bits per heavy atom. The quantitative estimate of drug-likeness (QED) is 0.931. The predicted molar refractivity (Wildman–Crippen MR) is 78.8 cm³/mol. The normalized spacial score (nSPS) is 22.9. The Morgan fingerprint density at radius 3 is 2.60 bits per heavy atom. The van der Waals surface area contributed by atoms with Gasteiger partial charge in [0.15, 0.2) is 0 Å². The first kappa shape index (κ1) is 13.4. The SMILES string of the molecule is Cc1cc(C2CNC(Cc3ccccc3)CO2)c(C)o1. The molecule has 2 heterocycles. The third-order valence-corrected chi connectivity index (χ3v) is 3.84. The van der Waals surface area contributed by atoms with E-state index in [2.05, 4.69) is 35.6 Å². The number of hydrogen-bond donors (Lipinski definition) is 1. The Bertz CT molecular complexity index is 554. The van der Waals surface area contributed by atoms with Gasteiger partial charge in [0.2, 0.25) is 0 Å². The van der Waals surface area contributed by atoms with Gasteiger partial charge in [-0.05, 0) is 31.9 Å². The fourth-order valence-corrected chi connectivity index (χ4v) is 2.82. The van der Waals surface area contributed by atoms with Crippen molar-refractivity contribution in [3.8, 4) is 0 Å². The van der Waals surface area contributed by atoms with Gasteiger partial charge in [-0.1, -0.05) is 30.3 Å². The highest BCUT2D eigenvalue weighted by atomic mass is 16.5. The summed E-state index contributed by atoms with van der Waals surface area (Å²) in [7, 11) is 0. The van der Waals surface area contributed by atoms with Crippen LogP contribution in [0.5, 0.6) is 0 Å². The summed E-state index contributed by atoms with van der Waals surface area (Å²) >= 11 is 0. The van der Waals surface area contributed by atoms with Gasteiger partial charge in [0.1, 0.15) is 11.5 Å². The molecular formula is C17H21NO2. The molecule has 0 saturated carbocycles. The van der Waals surface area contributed by atoms with Crippen LogP contribution in [0.15, 0.2) is 40.8 Å². The first-order valence-electron chi connectivity index (χ1n) is 7.18. The van der Waals surface area contributed by atoms with Gasteiger partial charge in [0, 0.05) is 18.2 Å². The molecule has 3 rings (SSSR count). The van der Waals surface area contributed by atoms with Crippen molar-refractivity contribution in [2.45, 2.75) is 32.4 Å². The van der Waals surface area contributed by atoms with E-state index in [-0.39, 0.29) is 6.10 Å². The predicted octanol–water partition coefficient (Wildman–Crippen LogP) is 3.17. The van der Waals surface area contributed by atoms with Gasteiger partial charge in [0.05, 0.1) is 12.7 Å². The number of benzene rings is 1. The van der Waals surface area contributed by atoms with Crippen LogP contribution in [0.1, 0.15) is 28.8 Å². The fraction of sp³-hybridized carbons (Fsp3) is 0.412. The molecule has 0 spiro atoms. The molecule has 0 amide bonds. The van der Waals surface area contributed by atoms with Crippen molar-refractivity contribution >= 4 is 0 Å². The van der Waals surface area contributed by atoms with Crippen LogP contribution in [0.2, 0.25) is 0 Å². The second kappa shape index (κ2) is 5.81. The van der Waals surface area contributed by atoms with E-state index < -0.39 is 0 Å². The van der Waals surface area contributed by atoms with Crippen molar-refractivity contribution < 1.29 is 9.15 Å². The molecule has 1 aromatic heterocycles. The lowest BCUT2D eigenvalue weighted by Gasteiger charge is -2.30. The zero-order valence-corrected chi connectivity index (χ0v) is 12.1. The largest absolute Gasteiger partial charge is 0.466 e. The molecule has 2 aromatic rings. The van der Waals surface area contributed by atoms with Crippen LogP contribution in [0.3, 0.4) is 0 Å². The zero-order chi connectivity index (χ0) is 13.9. The molecule has 1 aliphatic heterocycles. The average molecular weight is 271 g/mol. The van der Waals surface area contributed by atoms with Crippen molar-refractivity contribution in [2.24, 2.45) is 0 Å². The molecule has 3 heteroatoms. The summed E-state index contributed by atoms with van der Waals surface area (Å²) in [6.07, 6.45) is 1.12. The van der Waals surface area contributed by atoms with E-state index in [0.717, 1.165) is 31.1 Å². The van der Waals surface area contributed by atoms with E-state index in [1.807, 2.05) is 19.9 Å². The molecule has 2 atom stereocenters. The number of aryl methyl sites for hydroxylation is 2. The third-order valence-electron chi connectivity index (χ3n) is 3.84. The van der Waals surface area contributed by atoms with E-state index in [4.69, 9.17) is 9.15 Å². The number of furan rings is 1. The monoisotopic (exact) mass is 271 g/mol. The fourth-order valence-electron chi connectivity index (χ4n) is 2.82. The van der Waals surface area contributed by atoms with Crippen molar-refractivity contribution in [3.63, 3.8) is 0 Å². The van der Waals surface area contributed by atoms with Crippen molar-refractivity contribution in [1.82, 2.24) is 5.32 Å². The first-order chi connectivity index (χ1) is 9.72. The number of morpholine rings is 1. The van der Waals surface area contributed by atoms with Crippen molar-refractivity contribution in [1.29, 1.82) is 0 Å². The number of hydrogen-bond acceptors (Lipinski definition) is 3. The van der Waals surface area contributed by atoms with Crippen molar-refractivity contribution in [3.05, 3.63) is 59.0 Å². The van der Waals surface area contributed by atoms with E-state index in [9.17, 15) is 0 Å². The van der Waals surface area contributed by atoms with Crippen LogP contribution < -0.4 is 5.32 Å². The molecule has 1 fully saturated rings. The summed E-state index contributed by atoms with van der Waals surface area (Å²) in [4.78, 5) is 0. The molecule has 20 heavy (non-hydrogen) atoms. The maximum absolute atomic E-state index is 6.02. The van der Waals surface area contributed by atoms with E-state index in [1.165, 1.54) is 11.1 Å². The summed E-state index contributed by atoms with van der Waals surface area (Å²) < 4.78 is 11.6. The number of ether oxygens (including phenoxy) is 1. The molecule has 106 valence electrons. The molecule has 3 nitrogen and oxygen atoms in total. The van der Waals surface area contributed by atoms with Crippen LogP contribution in [0, 0.1) is 13.8 Å². The molecular weight excluding hydrogens is 250 g/mol. The summed E-state index contributed by atoms with van der Waals surface area (Å²) in [5.74, 6) is 1.92. The molecule has 0 aliphatic carbocycles. The van der Waals surface area contributed by atoms with Crippen LogP contribution in [-0.4, -0.2) is 19.2 Å². The maximum atomic E-state index is 6.02. The minimum atomic E-state index is 0.111.